The number of aromatic nitrogens is 3. The van der Waals surface area contributed by atoms with Gasteiger partial charge in [-0.2, -0.15) is 26.3 Å². The molecule has 2 aromatic rings. The van der Waals surface area contributed by atoms with Crippen molar-refractivity contribution >= 4 is 23.8 Å². The highest BCUT2D eigenvalue weighted by atomic mass is 19.4. The first-order chi connectivity index (χ1) is 18.2. The van der Waals surface area contributed by atoms with E-state index in [4.69, 9.17) is 24.5 Å². The van der Waals surface area contributed by atoms with Gasteiger partial charge in [-0.3, -0.25) is 9.78 Å². The van der Waals surface area contributed by atoms with Gasteiger partial charge in [-0.25, -0.2) is 19.6 Å². The van der Waals surface area contributed by atoms with Gasteiger partial charge in [-0.15, -0.1) is 0 Å². The van der Waals surface area contributed by atoms with Crippen molar-refractivity contribution in [2.45, 2.75) is 24.9 Å². The summed E-state index contributed by atoms with van der Waals surface area (Å²) < 4.78 is 69.5. The predicted molar refractivity (Wildman–Crippen MR) is 119 cm³/mol. The number of piperidine rings is 1. The Labute approximate surface area is 216 Å². The summed E-state index contributed by atoms with van der Waals surface area (Å²) in [7, 11) is 0. The van der Waals surface area contributed by atoms with Gasteiger partial charge in [0.15, 0.2) is 0 Å². The molecule has 39 heavy (non-hydrogen) atoms. The number of carboxylic acids is 2. The molecular formula is C22H23F6N5O6. The number of ether oxygens (including phenoxy) is 1. The number of carboxylic acid groups (broad SMARTS) is 2. The Bertz CT molecular complexity index is 1070. The Kier molecular flexibility index (Phi) is 10.9. The number of aliphatic carboxylic acids is 2. The van der Waals surface area contributed by atoms with E-state index in [1.807, 2.05) is 11.0 Å². The van der Waals surface area contributed by atoms with Crippen LogP contribution in [0.3, 0.4) is 0 Å². The molecule has 1 amide bonds. The number of nitrogens with one attached hydrogen (secondary N) is 1. The Morgan fingerprint density at radius 3 is 2.10 bits per heavy atom. The normalized spacial score (nSPS) is 20.4. The average Bonchev–Trinajstić information content (AvgIpc) is 3.30. The topological polar surface area (TPSA) is 155 Å². The van der Waals surface area contributed by atoms with Crippen LogP contribution in [0.1, 0.15) is 16.8 Å². The van der Waals surface area contributed by atoms with Gasteiger partial charge in [0.25, 0.3) is 5.91 Å². The minimum absolute atomic E-state index is 0.0609. The fourth-order valence-corrected chi connectivity index (χ4v) is 3.74. The van der Waals surface area contributed by atoms with Crippen LogP contribution in [0.5, 0.6) is 0 Å². The van der Waals surface area contributed by atoms with E-state index < -0.39 is 24.3 Å². The maximum atomic E-state index is 12.6. The lowest BCUT2D eigenvalue weighted by Crippen LogP contribution is -2.45. The van der Waals surface area contributed by atoms with E-state index in [1.54, 1.807) is 36.9 Å². The fraction of sp³-hybridized carbons (Fsp3) is 0.455. The minimum atomic E-state index is -5.08. The number of fused-ring (bicyclic) bond motifs is 1. The summed E-state index contributed by atoms with van der Waals surface area (Å²) in [5.74, 6) is -3.98. The van der Waals surface area contributed by atoms with Gasteiger partial charge in [-0.1, -0.05) is 0 Å². The Morgan fingerprint density at radius 2 is 1.59 bits per heavy atom. The number of anilines is 1. The van der Waals surface area contributed by atoms with E-state index in [0.29, 0.717) is 36.5 Å². The van der Waals surface area contributed by atoms with Gasteiger partial charge < -0.3 is 25.2 Å². The average molecular weight is 567 g/mol. The molecule has 0 aliphatic carbocycles. The molecule has 2 saturated heterocycles. The van der Waals surface area contributed by atoms with Gasteiger partial charge in [0.1, 0.15) is 0 Å². The molecule has 3 atom stereocenters. The number of alkyl halides is 6. The van der Waals surface area contributed by atoms with Crippen molar-refractivity contribution in [3.63, 3.8) is 0 Å². The van der Waals surface area contributed by atoms with Crippen molar-refractivity contribution in [3.05, 3.63) is 48.5 Å². The highest BCUT2D eigenvalue weighted by molar-refractivity contribution is 5.93. The van der Waals surface area contributed by atoms with Crippen molar-refractivity contribution < 1.29 is 55.7 Å². The summed E-state index contributed by atoms with van der Waals surface area (Å²) >= 11 is 0. The van der Waals surface area contributed by atoms with E-state index in [0.717, 1.165) is 19.5 Å². The molecule has 0 radical (unpaired) electrons. The lowest BCUT2D eigenvalue weighted by molar-refractivity contribution is -0.193. The zero-order valence-corrected chi connectivity index (χ0v) is 19.9. The molecule has 2 aliphatic rings. The first-order valence-corrected chi connectivity index (χ1v) is 11.1. The monoisotopic (exact) mass is 567 g/mol. The van der Waals surface area contributed by atoms with Crippen molar-refractivity contribution in [3.8, 4) is 0 Å². The molecule has 0 aromatic carbocycles. The molecule has 4 heterocycles. The van der Waals surface area contributed by atoms with Crippen LogP contribution in [0.15, 0.2) is 43.0 Å². The molecular weight excluding hydrogens is 544 g/mol. The van der Waals surface area contributed by atoms with Crippen LogP contribution in [-0.4, -0.2) is 92.6 Å². The molecule has 0 saturated carbocycles. The second-order valence-electron chi connectivity index (χ2n) is 8.14. The van der Waals surface area contributed by atoms with Crippen LogP contribution in [0, 0.1) is 11.8 Å². The number of hydrogen-bond donors (Lipinski definition) is 3. The van der Waals surface area contributed by atoms with Crippen LogP contribution in [0.4, 0.5) is 32.3 Å². The molecule has 214 valence electrons. The van der Waals surface area contributed by atoms with E-state index in [-0.39, 0.29) is 12.0 Å². The maximum absolute atomic E-state index is 12.6. The first kappa shape index (κ1) is 31.2. The summed E-state index contributed by atoms with van der Waals surface area (Å²) in [6.07, 6.45) is -2.32. The molecule has 17 heteroatoms. The maximum Gasteiger partial charge on any atom is 0.490 e. The minimum Gasteiger partial charge on any atom is -0.475 e. The van der Waals surface area contributed by atoms with Crippen LogP contribution in [0.25, 0.3) is 0 Å². The SMILES string of the molecule is O=C(O)C(F)(F)F.O=C(O)C(F)(F)F.O=C(c1cccnc1)N1CC[C@@H]2[C@@H](CO[C@H]2CNc2ncccn2)C1. The first-order valence-electron chi connectivity index (χ1n) is 11.1. The van der Waals surface area contributed by atoms with E-state index >= 15 is 0 Å². The third-order valence-electron chi connectivity index (χ3n) is 5.50. The summed E-state index contributed by atoms with van der Waals surface area (Å²) in [6, 6.07) is 5.41. The lowest BCUT2D eigenvalue weighted by atomic mass is 9.84. The van der Waals surface area contributed by atoms with Crippen LogP contribution in [0.2, 0.25) is 0 Å². The van der Waals surface area contributed by atoms with Gasteiger partial charge in [0, 0.05) is 50.3 Å². The quantitative estimate of drug-likeness (QED) is 0.470. The molecule has 11 nitrogen and oxygen atoms in total. The Hall–Kier alpha value is -4.02. The van der Waals surface area contributed by atoms with E-state index in [9.17, 15) is 31.1 Å². The predicted octanol–water partition coefficient (Wildman–Crippen LogP) is 2.73. The molecule has 0 bridgehead atoms. The lowest BCUT2D eigenvalue weighted by Gasteiger charge is -2.35. The van der Waals surface area contributed by atoms with E-state index in [2.05, 4.69) is 20.3 Å². The third-order valence-corrected chi connectivity index (χ3v) is 5.50. The van der Waals surface area contributed by atoms with Crippen molar-refractivity contribution in [1.29, 1.82) is 0 Å². The Balaban J connectivity index is 0.000000317. The van der Waals surface area contributed by atoms with Gasteiger partial charge in [0.05, 0.1) is 18.3 Å². The third kappa shape index (κ3) is 9.99. The van der Waals surface area contributed by atoms with Crippen molar-refractivity contribution in [2.24, 2.45) is 11.8 Å². The summed E-state index contributed by atoms with van der Waals surface area (Å²) in [6.45, 7) is 2.90. The summed E-state index contributed by atoms with van der Waals surface area (Å²) in [5.41, 5.74) is 0.652. The highest BCUT2D eigenvalue weighted by Gasteiger charge is 2.42. The molecule has 2 aromatic heterocycles. The van der Waals surface area contributed by atoms with Crippen LogP contribution < -0.4 is 5.32 Å². The van der Waals surface area contributed by atoms with Gasteiger partial charge in [0.2, 0.25) is 5.95 Å². The Morgan fingerprint density at radius 1 is 1.00 bits per heavy atom. The number of rotatable bonds is 4. The summed E-state index contributed by atoms with van der Waals surface area (Å²) in [5, 5.41) is 17.5. The molecule has 0 spiro atoms. The smallest absolute Gasteiger partial charge is 0.475 e. The second kappa shape index (κ2) is 13.7. The molecule has 0 unspecified atom stereocenters. The molecule has 4 rings (SSSR count). The molecule has 2 aliphatic heterocycles. The van der Waals surface area contributed by atoms with Gasteiger partial charge in [-0.05, 0) is 30.5 Å². The highest BCUT2D eigenvalue weighted by Crippen LogP contribution is 2.34. The number of carbonyl (C=O) groups excluding carboxylic acids is 1. The number of halogens is 6. The van der Waals surface area contributed by atoms with Crippen LogP contribution >= 0.6 is 0 Å². The number of pyridine rings is 1. The zero-order valence-electron chi connectivity index (χ0n) is 19.9. The van der Waals surface area contributed by atoms with Gasteiger partial charge >= 0.3 is 24.3 Å². The number of nitrogens with zero attached hydrogens (tertiary/aromatic N) is 4. The molecule has 3 N–H and O–H groups in total. The van der Waals surface area contributed by atoms with Crippen LogP contribution in [-0.2, 0) is 14.3 Å². The zero-order chi connectivity index (χ0) is 29.2. The number of hydrogen-bond acceptors (Lipinski definition) is 8. The van der Waals surface area contributed by atoms with Crippen molar-refractivity contribution in [1.82, 2.24) is 19.9 Å². The largest absolute Gasteiger partial charge is 0.490 e. The second-order valence-corrected chi connectivity index (χ2v) is 8.14. The number of likely N-dealkylation sites (tertiary alicyclic amines) is 1. The fourth-order valence-electron chi connectivity index (χ4n) is 3.74. The number of amides is 1. The van der Waals surface area contributed by atoms with E-state index in [1.165, 1.54) is 0 Å². The molecule has 2 fully saturated rings. The summed E-state index contributed by atoms with van der Waals surface area (Å²) in [4.78, 5) is 44.7. The van der Waals surface area contributed by atoms with Crippen molar-refractivity contribution in [2.75, 3.05) is 31.6 Å². The standard InChI is InChI=1S/C18H21N5O2.2C2HF3O2/c24-17(13-3-1-5-19-9-13)23-8-4-15-14(11-23)12-25-16(15)10-22-18-20-6-2-7-21-18;2*3-2(4,5)1(6)7/h1-3,5-7,9,14-16H,4,8,10-12H2,(H,20,21,22);2*(H,6,7)/t14-,15-,16+;;/m1../s1. The number of carbonyl (C=O) groups is 3.